The van der Waals surface area contributed by atoms with E-state index in [1.54, 1.807) is 19.1 Å². The molecule has 0 spiro atoms. The van der Waals surface area contributed by atoms with Crippen molar-refractivity contribution in [2.75, 3.05) is 19.4 Å². The Morgan fingerprint density at radius 3 is 2.83 bits per heavy atom. The summed E-state index contributed by atoms with van der Waals surface area (Å²) >= 11 is 0. The molecule has 0 saturated carbocycles. The number of ether oxygens (including phenoxy) is 1. The molecule has 1 aliphatic heterocycles. The molecule has 0 saturated heterocycles. The van der Waals surface area contributed by atoms with Crippen molar-refractivity contribution in [3.05, 3.63) is 23.8 Å². The average molecular weight is 245 g/mol. The molecule has 1 N–H and O–H groups in total. The highest BCUT2D eigenvalue weighted by Gasteiger charge is 2.24. The Bertz CT molecular complexity index is 519. The summed E-state index contributed by atoms with van der Waals surface area (Å²) in [6, 6.07) is 7.29. The normalized spacial score (nSPS) is 19.5. The predicted octanol–water partition coefficient (Wildman–Crippen LogP) is 1.53. The van der Waals surface area contributed by atoms with Crippen molar-refractivity contribution in [1.82, 2.24) is 4.90 Å². The number of amides is 1. The number of carbonyl (C=O) groups excluding carboxylic acids is 1. The van der Waals surface area contributed by atoms with Crippen molar-refractivity contribution in [1.29, 1.82) is 5.26 Å². The van der Waals surface area contributed by atoms with Gasteiger partial charge in [0.05, 0.1) is 11.8 Å². The van der Waals surface area contributed by atoms with Crippen LogP contribution >= 0.6 is 0 Å². The van der Waals surface area contributed by atoms with E-state index in [4.69, 9.17) is 10.00 Å². The molecule has 0 fully saturated rings. The molecule has 94 valence electrons. The zero-order chi connectivity index (χ0) is 13.3. The lowest BCUT2D eigenvalue weighted by Crippen LogP contribution is -2.34. The van der Waals surface area contributed by atoms with Gasteiger partial charge in [0.15, 0.2) is 6.10 Å². The van der Waals surface area contributed by atoms with Crippen LogP contribution in [0.2, 0.25) is 0 Å². The minimum absolute atomic E-state index is 0.169. The van der Waals surface area contributed by atoms with Crippen LogP contribution in [0.3, 0.4) is 0 Å². The van der Waals surface area contributed by atoms with E-state index in [1.807, 2.05) is 25.1 Å². The largest absolute Gasteiger partial charge is 0.479 e. The highest BCUT2D eigenvalue weighted by atomic mass is 16.5. The Hall–Kier alpha value is -2.06. The van der Waals surface area contributed by atoms with Gasteiger partial charge in [0.25, 0.3) is 5.91 Å². The number of fused-ring (bicyclic) bond motifs is 1. The number of anilines is 1. The maximum absolute atomic E-state index is 11.5. The van der Waals surface area contributed by atoms with Gasteiger partial charge in [0.2, 0.25) is 0 Å². The van der Waals surface area contributed by atoms with Crippen LogP contribution in [0.25, 0.3) is 0 Å². The molecular formula is C13H15N3O2. The summed E-state index contributed by atoms with van der Waals surface area (Å²) in [5.41, 5.74) is 1.46. The SMILES string of the molecule is CC1Oc2ccc(C(C#N)N(C)C)cc2NC1=O. The fraction of sp³-hybridized carbons (Fsp3) is 0.385. The maximum Gasteiger partial charge on any atom is 0.265 e. The van der Waals surface area contributed by atoms with Gasteiger partial charge in [-0.25, -0.2) is 0 Å². The summed E-state index contributed by atoms with van der Waals surface area (Å²) in [5.74, 6) is 0.472. The number of nitriles is 1. The van der Waals surface area contributed by atoms with Gasteiger partial charge < -0.3 is 10.1 Å². The molecular weight excluding hydrogens is 230 g/mol. The van der Waals surface area contributed by atoms with E-state index in [0.717, 1.165) is 5.56 Å². The molecule has 0 bridgehead atoms. The number of carbonyl (C=O) groups is 1. The van der Waals surface area contributed by atoms with Crippen LogP contribution in [0.5, 0.6) is 5.75 Å². The molecule has 1 heterocycles. The highest BCUT2D eigenvalue weighted by Crippen LogP contribution is 2.32. The Balaban J connectivity index is 2.36. The van der Waals surface area contributed by atoms with Crippen molar-refractivity contribution in [2.45, 2.75) is 19.1 Å². The number of nitrogens with zero attached hydrogens (tertiary/aromatic N) is 2. The van der Waals surface area contributed by atoms with Crippen LogP contribution in [-0.2, 0) is 4.79 Å². The van der Waals surface area contributed by atoms with E-state index in [2.05, 4.69) is 11.4 Å². The number of nitrogens with one attached hydrogen (secondary N) is 1. The lowest BCUT2D eigenvalue weighted by atomic mass is 10.1. The van der Waals surface area contributed by atoms with Gasteiger partial charge in [-0.05, 0) is 38.7 Å². The monoisotopic (exact) mass is 245 g/mol. The van der Waals surface area contributed by atoms with Crippen molar-refractivity contribution < 1.29 is 9.53 Å². The summed E-state index contributed by atoms with van der Waals surface area (Å²) in [4.78, 5) is 13.3. The fourth-order valence-corrected chi connectivity index (χ4v) is 1.88. The molecule has 2 rings (SSSR count). The fourth-order valence-electron chi connectivity index (χ4n) is 1.88. The summed E-state index contributed by atoms with van der Waals surface area (Å²) < 4.78 is 5.46. The van der Waals surface area contributed by atoms with E-state index >= 15 is 0 Å². The van der Waals surface area contributed by atoms with Crippen LogP contribution < -0.4 is 10.1 Å². The van der Waals surface area contributed by atoms with Gasteiger partial charge >= 0.3 is 0 Å². The second-order valence-electron chi connectivity index (χ2n) is 4.50. The quantitative estimate of drug-likeness (QED) is 0.858. The molecule has 2 unspecified atom stereocenters. The lowest BCUT2D eigenvalue weighted by Gasteiger charge is -2.25. The van der Waals surface area contributed by atoms with Gasteiger partial charge in [-0.15, -0.1) is 0 Å². The average Bonchev–Trinajstić information content (AvgIpc) is 2.31. The van der Waals surface area contributed by atoms with Crippen molar-refractivity contribution in [2.24, 2.45) is 0 Å². The summed E-state index contributed by atoms with van der Waals surface area (Å²) in [5, 5.41) is 11.9. The molecule has 1 aromatic rings. The van der Waals surface area contributed by atoms with Crippen LogP contribution in [0, 0.1) is 11.3 Å². The van der Waals surface area contributed by atoms with E-state index in [0.29, 0.717) is 11.4 Å². The summed E-state index contributed by atoms with van der Waals surface area (Å²) in [6.45, 7) is 1.70. The molecule has 0 aromatic heterocycles. The Morgan fingerprint density at radius 2 is 2.22 bits per heavy atom. The maximum atomic E-state index is 11.5. The topological polar surface area (TPSA) is 65.4 Å². The number of hydrogen-bond acceptors (Lipinski definition) is 4. The Kier molecular flexibility index (Phi) is 3.21. The zero-order valence-corrected chi connectivity index (χ0v) is 10.6. The first-order valence-electron chi connectivity index (χ1n) is 5.70. The molecule has 18 heavy (non-hydrogen) atoms. The van der Waals surface area contributed by atoms with Gasteiger partial charge in [-0.3, -0.25) is 9.69 Å². The second-order valence-corrected chi connectivity index (χ2v) is 4.50. The Labute approximate surface area is 106 Å². The van der Waals surface area contributed by atoms with Crippen LogP contribution in [0.4, 0.5) is 5.69 Å². The van der Waals surface area contributed by atoms with E-state index < -0.39 is 6.10 Å². The van der Waals surface area contributed by atoms with Gasteiger partial charge in [0.1, 0.15) is 11.8 Å². The first kappa shape index (κ1) is 12.4. The van der Waals surface area contributed by atoms with Crippen molar-refractivity contribution in [3.8, 4) is 11.8 Å². The van der Waals surface area contributed by atoms with Crippen LogP contribution in [-0.4, -0.2) is 31.0 Å². The molecule has 0 radical (unpaired) electrons. The predicted molar refractivity (Wildman–Crippen MR) is 67.2 cm³/mol. The van der Waals surface area contributed by atoms with Crippen LogP contribution in [0.1, 0.15) is 18.5 Å². The third kappa shape index (κ3) is 2.15. The summed E-state index contributed by atoms with van der Waals surface area (Å²) in [7, 11) is 3.68. The molecule has 1 aliphatic rings. The van der Waals surface area contributed by atoms with E-state index in [-0.39, 0.29) is 11.9 Å². The summed E-state index contributed by atoms with van der Waals surface area (Å²) in [6.07, 6.45) is -0.482. The third-order valence-electron chi connectivity index (χ3n) is 2.89. The van der Waals surface area contributed by atoms with Gasteiger partial charge in [0, 0.05) is 0 Å². The number of rotatable bonds is 2. The van der Waals surface area contributed by atoms with E-state index in [1.165, 1.54) is 0 Å². The standard InChI is InChI=1S/C13H15N3O2/c1-8-13(17)15-10-6-9(4-5-12(10)18-8)11(7-14)16(2)3/h4-6,8,11H,1-3H3,(H,15,17). The van der Waals surface area contributed by atoms with Crippen molar-refractivity contribution in [3.63, 3.8) is 0 Å². The third-order valence-corrected chi connectivity index (χ3v) is 2.89. The molecule has 5 heteroatoms. The molecule has 0 aliphatic carbocycles. The lowest BCUT2D eigenvalue weighted by molar-refractivity contribution is -0.122. The first-order valence-corrected chi connectivity index (χ1v) is 5.70. The number of hydrogen-bond donors (Lipinski definition) is 1. The Morgan fingerprint density at radius 1 is 1.50 bits per heavy atom. The van der Waals surface area contributed by atoms with Gasteiger partial charge in [-0.2, -0.15) is 5.26 Å². The molecule has 2 atom stereocenters. The smallest absolute Gasteiger partial charge is 0.265 e. The molecule has 1 aromatic carbocycles. The molecule has 1 amide bonds. The van der Waals surface area contributed by atoms with Crippen LogP contribution in [0.15, 0.2) is 18.2 Å². The first-order chi connectivity index (χ1) is 8.52. The zero-order valence-electron chi connectivity index (χ0n) is 10.6. The minimum Gasteiger partial charge on any atom is -0.479 e. The number of benzene rings is 1. The minimum atomic E-state index is -0.482. The van der Waals surface area contributed by atoms with E-state index in [9.17, 15) is 4.79 Å². The van der Waals surface area contributed by atoms with Gasteiger partial charge in [-0.1, -0.05) is 6.07 Å². The molecule has 5 nitrogen and oxygen atoms in total. The second kappa shape index (κ2) is 4.67. The highest BCUT2D eigenvalue weighted by molar-refractivity contribution is 5.97. The van der Waals surface area contributed by atoms with Crippen molar-refractivity contribution >= 4 is 11.6 Å².